The fraction of sp³-hybridized carbons (Fsp3) is 0.375. The molecule has 4 atom stereocenters. The zero-order valence-corrected chi connectivity index (χ0v) is 22.5. The van der Waals surface area contributed by atoms with E-state index >= 15 is 0 Å². The number of fused-ring (bicyclic) bond motifs is 2. The van der Waals surface area contributed by atoms with Crippen molar-refractivity contribution in [3.63, 3.8) is 0 Å². The molecule has 3 aromatic carbocycles. The number of halogens is 1. The molecule has 0 radical (unpaired) electrons. The van der Waals surface area contributed by atoms with Gasteiger partial charge in [-0.3, -0.25) is 0 Å². The third-order valence-electron chi connectivity index (χ3n) is 9.11. The van der Waals surface area contributed by atoms with E-state index < -0.39 is 0 Å². The zero-order valence-electron chi connectivity index (χ0n) is 22.5. The highest BCUT2D eigenvalue weighted by Crippen LogP contribution is 2.47. The van der Waals surface area contributed by atoms with Crippen LogP contribution in [0.3, 0.4) is 0 Å². The van der Waals surface area contributed by atoms with E-state index in [2.05, 4.69) is 61.9 Å². The van der Waals surface area contributed by atoms with Crippen molar-refractivity contribution in [2.24, 2.45) is 0 Å². The Morgan fingerprint density at radius 3 is 1.65 bits per heavy atom. The van der Waals surface area contributed by atoms with Crippen molar-refractivity contribution in [2.45, 2.75) is 62.7 Å². The molecule has 0 spiro atoms. The highest BCUT2D eigenvalue weighted by molar-refractivity contribution is 5.78. The highest BCUT2D eigenvalue weighted by atomic mass is 19.1. The third kappa shape index (κ3) is 4.17. The lowest BCUT2D eigenvalue weighted by atomic mass is 10.0. The molecule has 5 heterocycles. The smallest absolute Gasteiger partial charge is 0.124 e. The molecule has 3 saturated heterocycles. The van der Waals surface area contributed by atoms with Gasteiger partial charge in [-0.25, -0.2) is 14.4 Å². The quantitative estimate of drug-likeness (QED) is 0.206. The molecule has 8 rings (SSSR count). The summed E-state index contributed by atoms with van der Waals surface area (Å²) in [4.78, 5) is 19.4. The maximum Gasteiger partial charge on any atom is 0.124 e. The summed E-state index contributed by atoms with van der Waals surface area (Å²) in [5.74, 6) is 1.85. The minimum Gasteiger partial charge on any atom is -0.357 e. The zero-order chi connectivity index (χ0) is 26.6. The largest absolute Gasteiger partial charge is 0.357 e. The normalized spacial score (nSPS) is 25.1. The number of hydrogen-bond donors (Lipinski definition) is 4. The van der Waals surface area contributed by atoms with Crippen LogP contribution in [0.2, 0.25) is 0 Å². The molecule has 0 bridgehead atoms. The molecule has 3 fully saturated rings. The third-order valence-corrected chi connectivity index (χ3v) is 9.11. The van der Waals surface area contributed by atoms with Gasteiger partial charge in [0, 0.05) is 5.69 Å². The lowest BCUT2D eigenvalue weighted by Gasteiger charge is -2.33. The van der Waals surface area contributed by atoms with Gasteiger partial charge in [0.2, 0.25) is 0 Å². The molecule has 3 aliphatic heterocycles. The van der Waals surface area contributed by atoms with Crippen molar-refractivity contribution < 1.29 is 4.39 Å². The van der Waals surface area contributed by atoms with Gasteiger partial charge in [0.05, 0.1) is 46.2 Å². The molecule has 3 aliphatic rings. The minimum atomic E-state index is -0.213. The minimum absolute atomic E-state index is 0.173. The lowest BCUT2D eigenvalue weighted by molar-refractivity contribution is 0.614. The van der Waals surface area contributed by atoms with Gasteiger partial charge in [0.15, 0.2) is 0 Å². The second-order valence-corrected chi connectivity index (χ2v) is 11.6. The van der Waals surface area contributed by atoms with E-state index in [9.17, 15) is 4.39 Å². The maximum absolute atomic E-state index is 14.0. The Kier molecular flexibility index (Phi) is 5.85. The Morgan fingerprint density at radius 1 is 0.650 bits per heavy atom. The number of nitrogens with zero attached hydrogens (tertiary/aromatic N) is 3. The van der Waals surface area contributed by atoms with E-state index in [0.717, 1.165) is 78.2 Å². The summed E-state index contributed by atoms with van der Waals surface area (Å²) in [6.07, 6.45) is 6.63. The lowest BCUT2D eigenvalue weighted by Crippen LogP contribution is -2.26. The number of rotatable bonds is 5. The first-order valence-electron chi connectivity index (χ1n) is 14.7. The van der Waals surface area contributed by atoms with Crippen molar-refractivity contribution in [3.8, 4) is 0 Å². The number of benzene rings is 3. The standard InChI is InChI=1S/C32H34FN7/c33-21-7-9-22(10-8-21)40-29(19-5-11-23-27(17-19)38-31(36-23)25-3-1-15-34-25)13-14-30(40)20-6-12-24-28(18-20)39-32(37-24)26-4-2-16-35-26/h5-12,17-18,25-26,29-30,34-35H,1-4,13-16H2,(H,36,38)(H,37,39)/t25-,26-,29-,30?/m0/s1. The number of H-pyrrole nitrogens is 2. The molecule has 4 N–H and O–H groups in total. The first kappa shape index (κ1) is 24.1. The molecule has 2 aromatic heterocycles. The van der Waals surface area contributed by atoms with Gasteiger partial charge in [-0.2, -0.15) is 0 Å². The number of hydrogen-bond acceptors (Lipinski definition) is 5. The van der Waals surface area contributed by atoms with Crippen LogP contribution in [-0.2, 0) is 0 Å². The van der Waals surface area contributed by atoms with Gasteiger partial charge in [0.1, 0.15) is 17.5 Å². The second kappa shape index (κ2) is 9.71. The van der Waals surface area contributed by atoms with Gasteiger partial charge in [-0.1, -0.05) is 12.1 Å². The van der Waals surface area contributed by atoms with Crippen molar-refractivity contribution >= 4 is 27.8 Å². The first-order chi connectivity index (χ1) is 19.7. The molecule has 7 nitrogen and oxygen atoms in total. The van der Waals surface area contributed by atoms with Crippen molar-refractivity contribution in [3.05, 3.63) is 89.3 Å². The van der Waals surface area contributed by atoms with Gasteiger partial charge in [-0.15, -0.1) is 0 Å². The fourth-order valence-electron chi connectivity index (χ4n) is 7.11. The fourth-order valence-corrected chi connectivity index (χ4v) is 7.11. The van der Waals surface area contributed by atoms with Crippen LogP contribution in [-0.4, -0.2) is 33.0 Å². The molecule has 8 heteroatoms. The molecular weight excluding hydrogens is 501 g/mol. The van der Waals surface area contributed by atoms with E-state index in [1.54, 1.807) is 12.1 Å². The Morgan fingerprint density at radius 2 is 1.18 bits per heavy atom. The topological polar surface area (TPSA) is 84.7 Å². The first-order valence-corrected chi connectivity index (χ1v) is 14.7. The second-order valence-electron chi connectivity index (χ2n) is 11.6. The number of nitrogens with one attached hydrogen (secondary N) is 4. The number of imidazole rings is 2. The Balaban J connectivity index is 1.16. The summed E-state index contributed by atoms with van der Waals surface area (Å²) in [5, 5.41) is 7.09. The van der Waals surface area contributed by atoms with Gasteiger partial charge >= 0.3 is 0 Å². The van der Waals surface area contributed by atoms with Crippen molar-refractivity contribution in [1.82, 2.24) is 30.6 Å². The van der Waals surface area contributed by atoms with Crippen LogP contribution in [0.1, 0.15) is 85.5 Å². The van der Waals surface area contributed by atoms with E-state index in [1.165, 1.54) is 24.0 Å². The van der Waals surface area contributed by atoms with Crippen LogP contribution in [0.5, 0.6) is 0 Å². The molecule has 0 aliphatic carbocycles. The summed E-state index contributed by atoms with van der Waals surface area (Å²) in [7, 11) is 0. The molecular formula is C32H34FN7. The van der Waals surface area contributed by atoms with Gasteiger partial charge < -0.3 is 25.5 Å². The molecule has 5 aromatic rings. The molecule has 40 heavy (non-hydrogen) atoms. The maximum atomic E-state index is 14.0. The van der Waals surface area contributed by atoms with Crippen LogP contribution in [0.4, 0.5) is 10.1 Å². The van der Waals surface area contributed by atoms with Gasteiger partial charge in [0.25, 0.3) is 0 Å². The van der Waals surface area contributed by atoms with Crippen molar-refractivity contribution in [2.75, 3.05) is 18.0 Å². The van der Waals surface area contributed by atoms with Crippen LogP contribution >= 0.6 is 0 Å². The Hall–Kier alpha value is -3.75. The Bertz CT molecular complexity index is 1560. The number of anilines is 1. The van der Waals surface area contributed by atoms with E-state index in [1.807, 2.05) is 12.1 Å². The molecule has 0 saturated carbocycles. The molecule has 204 valence electrons. The summed E-state index contributed by atoms with van der Waals surface area (Å²) in [6, 6.07) is 21.2. The van der Waals surface area contributed by atoms with E-state index in [-0.39, 0.29) is 17.9 Å². The number of aromatic nitrogens is 4. The van der Waals surface area contributed by atoms with Crippen molar-refractivity contribution in [1.29, 1.82) is 0 Å². The van der Waals surface area contributed by atoms with Crippen LogP contribution in [0.15, 0.2) is 60.7 Å². The molecule has 1 unspecified atom stereocenters. The van der Waals surface area contributed by atoms with Crippen LogP contribution < -0.4 is 15.5 Å². The summed E-state index contributed by atoms with van der Waals surface area (Å²) < 4.78 is 14.0. The summed E-state index contributed by atoms with van der Waals surface area (Å²) in [6.45, 7) is 2.10. The average molecular weight is 536 g/mol. The van der Waals surface area contributed by atoms with E-state index in [4.69, 9.17) is 9.97 Å². The summed E-state index contributed by atoms with van der Waals surface area (Å²) in [5.41, 5.74) is 7.72. The molecule has 0 amide bonds. The predicted octanol–water partition coefficient (Wildman–Crippen LogP) is 6.51. The predicted molar refractivity (Wildman–Crippen MR) is 156 cm³/mol. The van der Waals surface area contributed by atoms with Crippen LogP contribution in [0.25, 0.3) is 22.1 Å². The SMILES string of the molecule is Fc1ccc(N2C(c3ccc4nc([C@@H]5CCCN5)[nH]c4c3)CC[C@H]2c2ccc3nc([C@@H]4CCCN4)[nH]c3c2)cc1. The van der Waals surface area contributed by atoms with E-state index in [0.29, 0.717) is 12.1 Å². The Labute approximate surface area is 232 Å². The average Bonchev–Trinajstić information content (AvgIpc) is 3.81. The monoisotopic (exact) mass is 535 g/mol. The van der Waals surface area contributed by atoms with Crippen LogP contribution in [0, 0.1) is 5.82 Å². The van der Waals surface area contributed by atoms with Gasteiger partial charge in [-0.05, 0) is 111 Å². The highest BCUT2D eigenvalue weighted by Gasteiger charge is 2.36. The number of aromatic amines is 2. The summed E-state index contributed by atoms with van der Waals surface area (Å²) >= 11 is 0.